The number of carbonyl (C=O) groups excluding carboxylic acids is 1. The smallest absolute Gasteiger partial charge is 0.289 e. The van der Waals surface area contributed by atoms with Crippen molar-refractivity contribution >= 4 is 29.9 Å². The van der Waals surface area contributed by atoms with Crippen molar-refractivity contribution in [1.82, 2.24) is 10.2 Å². The van der Waals surface area contributed by atoms with E-state index in [9.17, 15) is 4.79 Å². The molecule has 4 nitrogen and oxygen atoms in total. The van der Waals surface area contributed by atoms with Gasteiger partial charge in [0.05, 0.1) is 0 Å². The third-order valence-corrected chi connectivity index (χ3v) is 4.38. The van der Waals surface area contributed by atoms with E-state index in [0.29, 0.717) is 11.2 Å². The topological polar surface area (TPSA) is 45.5 Å². The van der Waals surface area contributed by atoms with Crippen molar-refractivity contribution in [3.05, 3.63) is 23.1 Å². The molecule has 1 aromatic heterocycles. The van der Waals surface area contributed by atoms with Crippen LogP contribution >= 0.6 is 24.0 Å². The zero-order chi connectivity index (χ0) is 12.6. The molecule has 106 valence electrons. The van der Waals surface area contributed by atoms with E-state index in [1.165, 1.54) is 0 Å². The van der Waals surface area contributed by atoms with Gasteiger partial charge in [0.25, 0.3) is 5.91 Å². The first-order valence-electron chi connectivity index (χ1n) is 6.44. The molecule has 19 heavy (non-hydrogen) atoms. The van der Waals surface area contributed by atoms with Crippen molar-refractivity contribution < 1.29 is 9.21 Å². The molecule has 2 fully saturated rings. The maximum absolute atomic E-state index is 12.2. The van der Waals surface area contributed by atoms with Crippen LogP contribution < -0.4 is 5.32 Å². The summed E-state index contributed by atoms with van der Waals surface area (Å²) in [5, 5.41) is 3.65. The average Bonchev–Trinajstić information content (AvgIpc) is 2.97. The number of nitrogens with zero attached hydrogens (tertiary/aromatic N) is 1. The molecule has 2 aliphatic rings. The van der Waals surface area contributed by atoms with Crippen LogP contribution in [0, 0.1) is 5.41 Å². The monoisotopic (exact) mass is 304 g/mol. The van der Waals surface area contributed by atoms with Gasteiger partial charge >= 0.3 is 0 Å². The molecule has 0 radical (unpaired) electrons. The maximum Gasteiger partial charge on any atom is 0.289 e. The number of nitrogens with one attached hydrogen (secondary N) is 1. The molecular formula is C13H18Cl2N2O2. The van der Waals surface area contributed by atoms with E-state index in [2.05, 4.69) is 5.32 Å². The molecule has 2 aliphatic heterocycles. The summed E-state index contributed by atoms with van der Waals surface area (Å²) in [5.74, 6) is 0.322. The van der Waals surface area contributed by atoms with Crippen LogP contribution in [0.1, 0.15) is 29.8 Å². The second-order valence-electron chi connectivity index (χ2n) is 5.33. The molecule has 0 unspecified atom stereocenters. The lowest BCUT2D eigenvalue weighted by molar-refractivity contribution is 0.0730. The Hall–Kier alpha value is -0.710. The summed E-state index contributed by atoms with van der Waals surface area (Å²) in [6.45, 7) is 3.81. The summed E-state index contributed by atoms with van der Waals surface area (Å²) in [7, 11) is 0. The Morgan fingerprint density at radius 3 is 2.68 bits per heavy atom. The quantitative estimate of drug-likeness (QED) is 0.867. The summed E-state index contributed by atoms with van der Waals surface area (Å²) in [5.41, 5.74) is 0.331. The normalized spacial score (nSPS) is 21.4. The van der Waals surface area contributed by atoms with Crippen molar-refractivity contribution in [2.45, 2.75) is 19.3 Å². The van der Waals surface area contributed by atoms with Crippen LogP contribution in [-0.2, 0) is 0 Å². The first kappa shape index (κ1) is 14.7. The van der Waals surface area contributed by atoms with Crippen molar-refractivity contribution in [3.63, 3.8) is 0 Å². The van der Waals surface area contributed by atoms with E-state index in [0.717, 1.165) is 45.4 Å². The van der Waals surface area contributed by atoms with Crippen LogP contribution in [0.3, 0.4) is 0 Å². The van der Waals surface area contributed by atoms with Gasteiger partial charge in [0.1, 0.15) is 0 Å². The number of carbonyl (C=O) groups is 1. The van der Waals surface area contributed by atoms with Crippen LogP contribution in [0.4, 0.5) is 0 Å². The molecule has 0 bridgehead atoms. The fraction of sp³-hybridized carbons (Fsp3) is 0.615. The van der Waals surface area contributed by atoms with E-state index < -0.39 is 0 Å². The zero-order valence-electron chi connectivity index (χ0n) is 10.7. The van der Waals surface area contributed by atoms with E-state index >= 15 is 0 Å². The molecule has 6 heteroatoms. The molecule has 2 saturated heterocycles. The van der Waals surface area contributed by atoms with Gasteiger partial charge in [0, 0.05) is 13.1 Å². The predicted octanol–water partition coefficient (Wildman–Crippen LogP) is 2.57. The van der Waals surface area contributed by atoms with Crippen LogP contribution in [0.5, 0.6) is 0 Å². The Morgan fingerprint density at radius 1 is 1.32 bits per heavy atom. The summed E-state index contributed by atoms with van der Waals surface area (Å²) in [6.07, 6.45) is 3.43. The Kier molecular flexibility index (Phi) is 4.43. The van der Waals surface area contributed by atoms with Gasteiger partial charge < -0.3 is 14.6 Å². The van der Waals surface area contributed by atoms with Crippen molar-refractivity contribution in [1.29, 1.82) is 0 Å². The SMILES string of the molecule is Cl.O=C(c1ccc(Cl)o1)N1CCC2(CCNCC2)C1. The molecule has 0 atom stereocenters. The Balaban J connectivity index is 0.00000133. The highest BCUT2D eigenvalue weighted by atomic mass is 35.5. The summed E-state index contributed by atoms with van der Waals surface area (Å²) >= 11 is 5.71. The third-order valence-electron chi connectivity index (χ3n) is 4.17. The first-order chi connectivity index (χ1) is 8.69. The third kappa shape index (κ3) is 2.91. The number of rotatable bonds is 1. The highest BCUT2D eigenvalue weighted by Crippen LogP contribution is 2.39. The second kappa shape index (κ2) is 5.73. The molecule has 3 heterocycles. The molecule has 1 aromatic rings. The van der Waals surface area contributed by atoms with Gasteiger partial charge in [-0.15, -0.1) is 12.4 Å². The standard InChI is InChI=1S/C13H17ClN2O2.ClH/c14-11-2-1-10(18-11)12(17)16-8-5-13(9-16)3-6-15-7-4-13;/h1-2,15H,3-9H2;1H. The lowest BCUT2D eigenvalue weighted by Crippen LogP contribution is -2.39. The van der Waals surface area contributed by atoms with Crippen LogP contribution in [-0.4, -0.2) is 37.0 Å². The Morgan fingerprint density at radius 2 is 2.05 bits per heavy atom. The van der Waals surface area contributed by atoms with E-state index in [4.69, 9.17) is 16.0 Å². The summed E-state index contributed by atoms with van der Waals surface area (Å²) in [6, 6.07) is 3.27. The number of amides is 1. The molecule has 3 rings (SSSR count). The first-order valence-corrected chi connectivity index (χ1v) is 6.82. The minimum Gasteiger partial charge on any atom is -0.440 e. The number of likely N-dealkylation sites (tertiary alicyclic amines) is 1. The molecule has 0 saturated carbocycles. The molecular weight excluding hydrogens is 287 g/mol. The van der Waals surface area contributed by atoms with Crippen LogP contribution in [0.2, 0.25) is 5.22 Å². The van der Waals surface area contributed by atoms with Gasteiger partial charge in [0.2, 0.25) is 0 Å². The van der Waals surface area contributed by atoms with Gasteiger partial charge in [0.15, 0.2) is 11.0 Å². The van der Waals surface area contributed by atoms with Gasteiger partial charge in [-0.05, 0) is 61.5 Å². The number of furan rings is 1. The maximum atomic E-state index is 12.2. The lowest BCUT2D eigenvalue weighted by Gasteiger charge is -2.33. The van der Waals surface area contributed by atoms with Crippen molar-refractivity contribution in [2.75, 3.05) is 26.2 Å². The summed E-state index contributed by atoms with van der Waals surface area (Å²) in [4.78, 5) is 14.1. The molecule has 0 aromatic carbocycles. The van der Waals surface area contributed by atoms with E-state index in [1.807, 2.05) is 4.90 Å². The largest absolute Gasteiger partial charge is 0.440 e. The fourth-order valence-electron chi connectivity index (χ4n) is 3.06. The summed E-state index contributed by atoms with van der Waals surface area (Å²) < 4.78 is 5.20. The van der Waals surface area contributed by atoms with Gasteiger partial charge in [-0.1, -0.05) is 0 Å². The fourth-order valence-corrected chi connectivity index (χ4v) is 3.20. The number of piperidine rings is 1. The zero-order valence-corrected chi connectivity index (χ0v) is 12.2. The molecule has 1 N–H and O–H groups in total. The number of halogens is 2. The minimum atomic E-state index is -0.0303. The number of hydrogen-bond donors (Lipinski definition) is 1. The number of hydrogen-bond acceptors (Lipinski definition) is 3. The minimum absolute atomic E-state index is 0. The van der Waals surface area contributed by atoms with Crippen LogP contribution in [0.25, 0.3) is 0 Å². The molecule has 1 amide bonds. The highest BCUT2D eigenvalue weighted by molar-refractivity contribution is 6.29. The lowest BCUT2D eigenvalue weighted by atomic mass is 9.78. The van der Waals surface area contributed by atoms with Crippen molar-refractivity contribution in [3.8, 4) is 0 Å². The van der Waals surface area contributed by atoms with E-state index in [1.54, 1.807) is 12.1 Å². The highest BCUT2D eigenvalue weighted by Gasteiger charge is 2.41. The molecule has 1 spiro atoms. The second-order valence-corrected chi connectivity index (χ2v) is 5.70. The predicted molar refractivity (Wildman–Crippen MR) is 76.0 cm³/mol. The van der Waals surface area contributed by atoms with Gasteiger partial charge in [-0.2, -0.15) is 0 Å². The van der Waals surface area contributed by atoms with Gasteiger partial charge in [-0.3, -0.25) is 4.79 Å². The average molecular weight is 305 g/mol. The Bertz CT molecular complexity index is 455. The van der Waals surface area contributed by atoms with Gasteiger partial charge in [-0.25, -0.2) is 0 Å². The van der Waals surface area contributed by atoms with Crippen molar-refractivity contribution in [2.24, 2.45) is 5.41 Å². The molecule has 0 aliphatic carbocycles. The van der Waals surface area contributed by atoms with Crippen LogP contribution in [0.15, 0.2) is 16.5 Å². The Labute approximate surface area is 123 Å². The van der Waals surface area contributed by atoms with E-state index in [-0.39, 0.29) is 23.5 Å².